The largest absolute Gasteiger partial charge is 0.495 e. The van der Waals surface area contributed by atoms with E-state index in [2.05, 4.69) is 5.32 Å². The van der Waals surface area contributed by atoms with Gasteiger partial charge in [-0.25, -0.2) is 13.2 Å². The SMILES string of the molecule is COc1ccc(C)cc1NC(=O)N(C)C1CCS(=O)(=O)C1. The van der Waals surface area contributed by atoms with Crippen LogP contribution in [0.5, 0.6) is 5.75 Å². The second-order valence-corrected chi connectivity index (χ2v) is 7.53. The van der Waals surface area contributed by atoms with Gasteiger partial charge < -0.3 is 15.0 Å². The number of hydrogen-bond acceptors (Lipinski definition) is 4. The number of nitrogens with zero attached hydrogens (tertiary/aromatic N) is 1. The quantitative estimate of drug-likeness (QED) is 0.921. The van der Waals surface area contributed by atoms with Crippen LogP contribution in [-0.2, 0) is 9.84 Å². The number of amides is 2. The Balaban J connectivity index is 2.09. The molecule has 1 aromatic carbocycles. The molecular weight excluding hydrogens is 292 g/mol. The molecule has 0 radical (unpaired) electrons. The van der Waals surface area contributed by atoms with E-state index >= 15 is 0 Å². The van der Waals surface area contributed by atoms with Crippen molar-refractivity contribution >= 4 is 21.6 Å². The molecule has 0 aromatic heterocycles. The first kappa shape index (κ1) is 15.6. The van der Waals surface area contributed by atoms with Crippen LogP contribution in [0, 0.1) is 6.92 Å². The minimum Gasteiger partial charge on any atom is -0.495 e. The summed E-state index contributed by atoms with van der Waals surface area (Å²) in [6.45, 7) is 1.92. The highest BCUT2D eigenvalue weighted by Gasteiger charge is 2.32. The van der Waals surface area contributed by atoms with E-state index in [0.29, 0.717) is 17.9 Å². The molecule has 0 aliphatic carbocycles. The lowest BCUT2D eigenvalue weighted by Gasteiger charge is -2.24. The monoisotopic (exact) mass is 312 g/mol. The van der Waals surface area contributed by atoms with Crippen molar-refractivity contribution in [2.75, 3.05) is 31.0 Å². The highest BCUT2D eigenvalue weighted by atomic mass is 32.2. The zero-order valence-electron chi connectivity index (χ0n) is 12.4. The van der Waals surface area contributed by atoms with Crippen LogP contribution in [0.1, 0.15) is 12.0 Å². The van der Waals surface area contributed by atoms with E-state index < -0.39 is 9.84 Å². The number of hydrogen-bond donors (Lipinski definition) is 1. The Morgan fingerprint density at radius 3 is 2.71 bits per heavy atom. The van der Waals surface area contributed by atoms with Crippen LogP contribution < -0.4 is 10.1 Å². The maximum Gasteiger partial charge on any atom is 0.321 e. The Morgan fingerprint density at radius 2 is 2.14 bits per heavy atom. The molecule has 1 atom stereocenters. The first-order valence-corrected chi connectivity index (χ1v) is 8.53. The molecule has 1 saturated heterocycles. The predicted octanol–water partition coefficient (Wildman–Crippen LogP) is 1.65. The molecule has 0 spiro atoms. The molecule has 1 aliphatic rings. The van der Waals surface area contributed by atoms with Gasteiger partial charge in [0.25, 0.3) is 0 Å². The van der Waals surface area contributed by atoms with Gasteiger partial charge in [0.15, 0.2) is 9.84 Å². The highest BCUT2D eigenvalue weighted by Crippen LogP contribution is 2.26. The highest BCUT2D eigenvalue weighted by molar-refractivity contribution is 7.91. The van der Waals surface area contributed by atoms with Gasteiger partial charge in [0.1, 0.15) is 5.75 Å². The van der Waals surface area contributed by atoms with Crippen LogP contribution in [0.25, 0.3) is 0 Å². The fraction of sp³-hybridized carbons (Fsp3) is 0.500. The van der Waals surface area contributed by atoms with E-state index in [9.17, 15) is 13.2 Å². The van der Waals surface area contributed by atoms with Crippen molar-refractivity contribution < 1.29 is 17.9 Å². The van der Waals surface area contributed by atoms with E-state index in [1.807, 2.05) is 19.1 Å². The van der Waals surface area contributed by atoms with Crippen molar-refractivity contribution in [2.45, 2.75) is 19.4 Å². The van der Waals surface area contributed by atoms with Gasteiger partial charge in [0.2, 0.25) is 0 Å². The third-order valence-corrected chi connectivity index (χ3v) is 5.42. The molecule has 2 amide bonds. The number of urea groups is 1. The molecule has 0 saturated carbocycles. The number of methoxy groups -OCH3 is 1. The number of rotatable bonds is 3. The fourth-order valence-electron chi connectivity index (χ4n) is 2.37. The number of anilines is 1. The second kappa shape index (κ2) is 5.93. The van der Waals surface area contributed by atoms with Gasteiger partial charge in [-0.1, -0.05) is 6.07 Å². The molecule has 0 bridgehead atoms. The lowest BCUT2D eigenvalue weighted by atomic mass is 10.2. The van der Waals surface area contributed by atoms with E-state index in [1.165, 1.54) is 12.0 Å². The van der Waals surface area contributed by atoms with Crippen molar-refractivity contribution in [1.82, 2.24) is 4.90 Å². The number of sulfone groups is 1. The van der Waals surface area contributed by atoms with Crippen molar-refractivity contribution in [3.63, 3.8) is 0 Å². The predicted molar refractivity (Wildman–Crippen MR) is 81.6 cm³/mol. The summed E-state index contributed by atoms with van der Waals surface area (Å²) in [6.07, 6.45) is 0.483. The summed E-state index contributed by atoms with van der Waals surface area (Å²) in [5, 5.41) is 2.77. The van der Waals surface area contributed by atoms with Crippen LogP contribution in [-0.4, -0.2) is 51.1 Å². The van der Waals surface area contributed by atoms with Gasteiger partial charge in [-0.05, 0) is 31.0 Å². The fourth-order valence-corrected chi connectivity index (χ4v) is 4.14. The third kappa shape index (κ3) is 3.66. The minimum absolute atomic E-state index is 0.0296. The summed E-state index contributed by atoms with van der Waals surface area (Å²) in [4.78, 5) is 13.7. The maximum absolute atomic E-state index is 12.3. The molecule has 1 unspecified atom stereocenters. The Bertz CT molecular complexity index is 642. The smallest absolute Gasteiger partial charge is 0.321 e. The molecule has 2 rings (SSSR count). The average molecular weight is 312 g/mol. The van der Waals surface area contributed by atoms with Gasteiger partial charge in [0.05, 0.1) is 24.3 Å². The lowest BCUT2D eigenvalue weighted by Crippen LogP contribution is -2.40. The first-order chi connectivity index (χ1) is 9.82. The van der Waals surface area contributed by atoms with E-state index in [4.69, 9.17) is 4.74 Å². The van der Waals surface area contributed by atoms with Gasteiger partial charge in [-0.15, -0.1) is 0 Å². The molecule has 7 heteroatoms. The Hall–Kier alpha value is -1.76. The lowest BCUT2D eigenvalue weighted by molar-refractivity contribution is 0.209. The standard InChI is InChI=1S/C14H20N2O4S/c1-10-4-5-13(20-3)12(8-10)15-14(17)16(2)11-6-7-21(18,19)9-11/h4-5,8,11H,6-7,9H2,1-3H3,(H,15,17). The molecule has 1 aliphatic heterocycles. The zero-order valence-corrected chi connectivity index (χ0v) is 13.2. The summed E-state index contributed by atoms with van der Waals surface area (Å²) in [6, 6.07) is 4.88. The molecule has 1 fully saturated rings. The second-order valence-electron chi connectivity index (χ2n) is 5.30. The van der Waals surface area contributed by atoms with E-state index in [-0.39, 0.29) is 23.6 Å². The van der Waals surface area contributed by atoms with Crippen LogP contribution in [0.3, 0.4) is 0 Å². The van der Waals surface area contributed by atoms with E-state index in [1.54, 1.807) is 13.1 Å². The topological polar surface area (TPSA) is 75.7 Å². The molecule has 116 valence electrons. The molecule has 1 heterocycles. The molecule has 1 aromatic rings. The number of ether oxygens (including phenoxy) is 1. The van der Waals surface area contributed by atoms with Crippen molar-refractivity contribution in [3.05, 3.63) is 23.8 Å². The summed E-state index contributed by atoms with van der Waals surface area (Å²) >= 11 is 0. The van der Waals surface area contributed by atoms with Crippen molar-refractivity contribution in [2.24, 2.45) is 0 Å². The van der Waals surface area contributed by atoms with Crippen molar-refractivity contribution in [3.8, 4) is 5.75 Å². The number of nitrogens with one attached hydrogen (secondary N) is 1. The van der Waals surface area contributed by atoms with Crippen LogP contribution in [0.4, 0.5) is 10.5 Å². The van der Waals surface area contributed by atoms with E-state index in [0.717, 1.165) is 5.56 Å². The Morgan fingerprint density at radius 1 is 1.43 bits per heavy atom. The summed E-state index contributed by atoms with van der Waals surface area (Å²) in [7, 11) is 0.137. The van der Waals surface area contributed by atoms with Crippen LogP contribution in [0.2, 0.25) is 0 Å². The van der Waals surface area contributed by atoms with Gasteiger partial charge in [-0.2, -0.15) is 0 Å². The van der Waals surface area contributed by atoms with Crippen LogP contribution >= 0.6 is 0 Å². The average Bonchev–Trinajstić information content (AvgIpc) is 2.78. The number of aryl methyl sites for hydroxylation is 1. The van der Waals surface area contributed by atoms with Gasteiger partial charge in [0, 0.05) is 13.1 Å². The maximum atomic E-state index is 12.3. The number of carbonyl (C=O) groups excluding carboxylic acids is 1. The molecular formula is C14H20N2O4S. The summed E-state index contributed by atoms with van der Waals surface area (Å²) in [5.41, 5.74) is 1.58. The van der Waals surface area contributed by atoms with Crippen LogP contribution in [0.15, 0.2) is 18.2 Å². The molecule has 6 nitrogen and oxygen atoms in total. The first-order valence-electron chi connectivity index (χ1n) is 6.71. The molecule has 21 heavy (non-hydrogen) atoms. The molecule has 1 N–H and O–H groups in total. The summed E-state index contributed by atoms with van der Waals surface area (Å²) < 4.78 is 28.2. The zero-order chi connectivity index (χ0) is 15.6. The Kier molecular flexibility index (Phi) is 4.41. The summed E-state index contributed by atoms with van der Waals surface area (Å²) in [5.74, 6) is 0.742. The van der Waals surface area contributed by atoms with Gasteiger partial charge >= 0.3 is 6.03 Å². The third-order valence-electron chi connectivity index (χ3n) is 3.67. The van der Waals surface area contributed by atoms with Gasteiger partial charge in [-0.3, -0.25) is 0 Å². The van der Waals surface area contributed by atoms with Crippen molar-refractivity contribution in [1.29, 1.82) is 0 Å². The minimum atomic E-state index is -3.01. The number of carbonyl (C=O) groups is 1. The number of benzene rings is 1. The Labute approximate surface area is 125 Å². The normalized spacial score (nSPS) is 20.0.